The third-order valence-corrected chi connectivity index (χ3v) is 2.63. The largest absolute Gasteiger partial charge is 0.273 e. The molecule has 0 atom stereocenters. The van der Waals surface area contributed by atoms with Crippen LogP contribution in [0.15, 0.2) is 23.3 Å². The zero-order valence-electron chi connectivity index (χ0n) is 11.3. The minimum Gasteiger partial charge on any atom is -0.267 e. The Bertz CT molecular complexity index is 524. The smallest absolute Gasteiger partial charge is 0.267 e. The molecule has 19 heavy (non-hydrogen) atoms. The van der Waals surface area contributed by atoms with Crippen LogP contribution >= 0.6 is 0 Å². The molecule has 0 saturated carbocycles. The maximum Gasteiger partial charge on any atom is 0.273 e. The first-order chi connectivity index (χ1) is 8.95. The van der Waals surface area contributed by atoms with E-state index < -0.39 is 10.8 Å². The van der Waals surface area contributed by atoms with Crippen molar-refractivity contribution in [1.82, 2.24) is 5.43 Å². The van der Waals surface area contributed by atoms with Crippen molar-refractivity contribution in [3.63, 3.8) is 0 Å². The molecule has 1 amide bonds. The van der Waals surface area contributed by atoms with E-state index in [4.69, 9.17) is 0 Å². The molecule has 0 spiro atoms. The van der Waals surface area contributed by atoms with Crippen LogP contribution in [-0.4, -0.2) is 16.5 Å². The summed E-state index contributed by atoms with van der Waals surface area (Å²) in [5, 5.41) is 14.7. The fourth-order valence-corrected chi connectivity index (χ4v) is 1.58. The summed E-state index contributed by atoms with van der Waals surface area (Å²) in [6.07, 6.45) is 1.75. The van der Waals surface area contributed by atoms with E-state index in [0.29, 0.717) is 5.56 Å². The molecular formula is C13H17N3O3. The number of nitro benzene ring substituents is 1. The van der Waals surface area contributed by atoms with Gasteiger partial charge in [0.2, 0.25) is 0 Å². The van der Waals surface area contributed by atoms with E-state index in [0.717, 1.165) is 18.6 Å². The van der Waals surface area contributed by atoms with E-state index in [-0.39, 0.29) is 11.3 Å². The van der Waals surface area contributed by atoms with Gasteiger partial charge in [-0.3, -0.25) is 14.9 Å². The molecule has 0 aliphatic rings. The molecule has 6 nitrogen and oxygen atoms in total. The highest BCUT2D eigenvalue weighted by molar-refractivity contribution is 5.95. The van der Waals surface area contributed by atoms with Gasteiger partial charge in [-0.05, 0) is 26.3 Å². The molecule has 0 bridgehead atoms. The second-order valence-electron chi connectivity index (χ2n) is 4.30. The van der Waals surface area contributed by atoms with Crippen molar-refractivity contribution in [1.29, 1.82) is 0 Å². The van der Waals surface area contributed by atoms with Crippen LogP contribution in [-0.2, 0) is 0 Å². The molecule has 1 aromatic rings. The van der Waals surface area contributed by atoms with Crippen LogP contribution in [0.25, 0.3) is 0 Å². The molecule has 1 rings (SSSR count). The van der Waals surface area contributed by atoms with Gasteiger partial charge in [0.05, 0.1) is 4.92 Å². The van der Waals surface area contributed by atoms with Gasteiger partial charge >= 0.3 is 0 Å². The standard InChI is InChI=1S/C13H17N3O3/c1-4-5-10(3)14-15-13(17)11-7-6-9(2)12(8-11)16(18)19/h6-8H,4-5H2,1-3H3,(H,15,17). The molecule has 6 heteroatoms. The van der Waals surface area contributed by atoms with Crippen LogP contribution in [0, 0.1) is 17.0 Å². The number of rotatable bonds is 5. The van der Waals surface area contributed by atoms with Crippen molar-refractivity contribution in [2.24, 2.45) is 5.10 Å². The minimum atomic E-state index is -0.502. The van der Waals surface area contributed by atoms with Gasteiger partial charge in [-0.25, -0.2) is 5.43 Å². The van der Waals surface area contributed by atoms with E-state index in [1.165, 1.54) is 6.07 Å². The zero-order chi connectivity index (χ0) is 14.4. The lowest BCUT2D eigenvalue weighted by molar-refractivity contribution is -0.385. The quantitative estimate of drug-likeness (QED) is 0.503. The SMILES string of the molecule is CCCC(C)=NNC(=O)c1ccc(C)c([N+](=O)[O-])c1. The summed E-state index contributed by atoms with van der Waals surface area (Å²) >= 11 is 0. The average molecular weight is 263 g/mol. The van der Waals surface area contributed by atoms with E-state index >= 15 is 0 Å². The third-order valence-electron chi connectivity index (χ3n) is 2.63. The van der Waals surface area contributed by atoms with Crippen molar-refractivity contribution < 1.29 is 9.72 Å². The number of hydrogen-bond acceptors (Lipinski definition) is 4. The Balaban J connectivity index is 2.86. The van der Waals surface area contributed by atoms with Crippen molar-refractivity contribution in [2.75, 3.05) is 0 Å². The van der Waals surface area contributed by atoms with Crippen molar-refractivity contribution in [2.45, 2.75) is 33.6 Å². The summed E-state index contributed by atoms with van der Waals surface area (Å²) in [5.74, 6) is -0.446. The molecule has 102 valence electrons. The van der Waals surface area contributed by atoms with Gasteiger partial charge in [0.25, 0.3) is 11.6 Å². The normalized spacial score (nSPS) is 11.2. The molecule has 0 saturated heterocycles. The number of carbonyl (C=O) groups is 1. The predicted molar refractivity (Wildman–Crippen MR) is 73.3 cm³/mol. The summed E-state index contributed by atoms with van der Waals surface area (Å²) in [5.41, 5.74) is 3.89. The molecule has 0 fully saturated rings. The van der Waals surface area contributed by atoms with Gasteiger partial charge in [0.15, 0.2) is 0 Å². The second-order valence-corrected chi connectivity index (χ2v) is 4.30. The highest BCUT2D eigenvalue weighted by Gasteiger charge is 2.14. The lowest BCUT2D eigenvalue weighted by Gasteiger charge is -2.03. The Morgan fingerprint density at radius 3 is 2.74 bits per heavy atom. The zero-order valence-corrected chi connectivity index (χ0v) is 11.3. The molecule has 1 N–H and O–H groups in total. The molecule has 0 radical (unpaired) electrons. The van der Waals surface area contributed by atoms with E-state index in [2.05, 4.69) is 10.5 Å². The van der Waals surface area contributed by atoms with Crippen molar-refractivity contribution in [3.05, 3.63) is 39.4 Å². The molecule has 0 aliphatic carbocycles. The number of hydrazone groups is 1. The Morgan fingerprint density at radius 2 is 2.16 bits per heavy atom. The molecule has 0 aliphatic heterocycles. The van der Waals surface area contributed by atoms with Crippen LogP contribution in [0.2, 0.25) is 0 Å². The fourth-order valence-electron chi connectivity index (χ4n) is 1.58. The number of nitrogens with one attached hydrogen (secondary N) is 1. The molecule has 0 heterocycles. The van der Waals surface area contributed by atoms with E-state index in [1.807, 2.05) is 13.8 Å². The third kappa shape index (κ3) is 4.17. The van der Waals surface area contributed by atoms with Crippen LogP contribution in [0.5, 0.6) is 0 Å². The maximum atomic E-state index is 11.8. The fraction of sp³-hybridized carbons (Fsp3) is 0.385. The maximum absolute atomic E-state index is 11.8. The number of carbonyl (C=O) groups excluding carboxylic acids is 1. The summed E-state index contributed by atoms with van der Waals surface area (Å²) in [6, 6.07) is 4.35. The topological polar surface area (TPSA) is 84.6 Å². The molecule has 0 aromatic heterocycles. The Kier molecular flexibility index (Phi) is 5.17. The highest BCUT2D eigenvalue weighted by Crippen LogP contribution is 2.19. The lowest BCUT2D eigenvalue weighted by atomic mass is 10.1. The van der Waals surface area contributed by atoms with Gasteiger partial charge in [-0.1, -0.05) is 19.4 Å². The predicted octanol–water partition coefficient (Wildman–Crippen LogP) is 2.81. The monoisotopic (exact) mass is 263 g/mol. The van der Waals surface area contributed by atoms with Crippen LogP contribution in [0.1, 0.15) is 42.6 Å². The summed E-state index contributed by atoms with van der Waals surface area (Å²) in [4.78, 5) is 22.1. The average Bonchev–Trinajstić information content (AvgIpc) is 2.36. The Labute approximate surface area is 111 Å². The van der Waals surface area contributed by atoms with Crippen LogP contribution in [0.4, 0.5) is 5.69 Å². The van der Waals surface area contributed by atoms with Gasteiger partial charge in [0.1, 0.15) is 0 Å². The van der Waals surface area contributed by atoms with Gasteiger partial charge in [-0.2, -0.15) is 5.10 Å². The minimum absolute atomic E-state index is 0.0677. The number of hydrogen-bond donors (Lipinski definition) is 1. The second kappa shape index (κ2) is 6.63. The van der Waals surface area contributed by atoms with E-state index in [1.54, 1.807) is 19.1 Å². The molecular weight excluding hydrogens is 246 g/mol. The number of nitrogens with zero attached hydrogens (tertiary/aromatic N) is 2. The first-order valence-corrected chi connectivity index (χ1v) is 6.04. The summed E-state index contributed by atoms with van der Waals surface area (Å²) < 4.78 is 0. The van der Waals surface area contributed by atoms with Crippen molar-refractivity contribution in [3.8, 4) is 0 Å². The Morgan fingerprint density at radius 1 is 1.47 bits per heavy atom. The molecule has 0 unspecified atom stereocenters. The number of aryl methyl sites for hydroxylation is 1. The lowest BCUT2D eigenvalue weighted by Crippen LogP contribution is -2.19. The first kappa shape index (κ1) is 14.8. The van der Waals surface area contributed by atoms with Crippen molar-refractivity contribution >= 4 is 17.3 Å². The molecule has 1 aromatic carbocycles. The summed E-state index contributed by atoms with van der Waals surface area (Å²) in [6.45, 7) is 5.47. The number of amides is 1. The first-order valence-electron chi connectivity index (χ1n) is 6.04. The highest BCUT2D eigenvalue weighted by atomic mass is 16.6. The summed E-state index contributed by atoms with van der Waals surface area (Å²) in [7, 11) is 0. The van der Waals surface area contributed by atoms with Gasteiger partial charge in [-0.15, -0.1) is 0 Å². The van der Waals surface area contributed by atoms with Gasteiger partial charge in [0, 0.05) is 22.9 Å². The van der Waals surface area contributed by atoms with Crippen LogP contribution < -0.4 is 5.43 Å². The number of benzene rings is 1. The van der Waals surface area contributed by atoms with E-state index in [9.17, 15) is 14.9 Å². The number of nitro groups is 1. The Hall–Kier alpha value is -2.24. The van der Waals surface area contributed by atoms with Crippen LogP contribution in [0.3, 0.4) is 0 Å². The van der Waals surface area contributed by atoms with Gasteiger partial charge < -0.3 is 0 Å².